The molecule has 1 aliphatic heterocycles. The van der Waals surface area contributed by atoms with Crippen molar-refractivity contribution in [1.82, 2.24) is 10.4 Å². The van der Waals surface area contributed by atoms with Crippen molar-refractivity contribution in [2.75, 3.05) is 5.32 Å². The molecule has 2 amide bonds. The Bertz CT molecular complexity index is 750. The van der Waals surface area contributed by atoms with Crippen LogP contribution in [0.1, 0.15) is 15.9 Å². The average molecular weight is 322 g/mol. The summed E-state index contributed by atoms with van der Waals surface area (Å²) in [5, 5.41) is 17.2. The van der Waals surface area contributed by atoms with E-state index >= 15 is 0 Å². The molecule has 3 rings (SSSR count). The van der Waals surface area contributed by atoms with Crippen molar-refractivity contribution in [3.8, 4) is 0 Å². The van der Waals surface area contributed by atoms with E-state index in [1.165, 1.54) is 12.3 Å². The third-order valence-corrected chi connectivity index (χ3v) is 3.36. The second-order valence-electron chi connectivity index (χ2n) is 3.91. The van der Waals surface area contributed by atoms with Crippen molar-refractivity contribution >= 4 is 50.7 Å². The highest BCUT2D eigenvalue weighted by atomic mass is 79.9. The van der Waals surface area contributed by atoms with E-state index in [2.05, 4.69) is 36.8 Å². The molecule has 3 N–H and O–H groups in total. The van der Waals surface area contributed by atoms with E-state index in [0.29, 0.717) is 21.1 Å². The number of nitrogens with one attached hydrogen (secondary N) is 3. The monoisotopic (exact) mass is 321 g/mol. The van der Waals surface area contributed by atoms with Crippen LogP contribution in [0.5, 0.6) is 0 Å². The van der Waals surface area contributed by atoms with Gasteiger partial charge in [-0.3, -0.25) is 4.79 Å². The van der Waals surface area contributed by atoms with Crippen LogP contribution in [0.25, 0.3) is 10.9 Å². The summed E-state index contributed by atoms with van der Waals surface area (Å²) in [6, 6.07) is 3.02. The molecule has 0 fully saturated rings. The maximum Gasteiger partial charge on any atom is 0.272 e. The van der Waals surface area contributed by atoms with Gasteiger partial charge in [-0.25, -0.2) is 5.43 Å². The molecule has 8 heteroatoms. The molecule has 19 heavy (non-hydrogen) atoms. The van der Waals surface area contributed by atoms with Gasteiger partial charge in [0.25, 0.3) is 5.91 Å². The zero-order chi connectivity index (χ0) is 13.6. The number of anilines is 1. The van der Waals surface area contributed by atoms with Gasteiger partial charge in [0.1, 0.15) is 6.09 Å². The number of halogens is 1. The highest BCUT2D eigenvalue weighted by Crippen LogP contribution is 2.31. The van der Waals surface area contributed by atoms with Crippen LogP contribution in [0, 0.1) is 0 Å². The number of hydrogen-bond donors (Lipinski definition) is 3. The number of rotatable bonds is 1. The summed E-state index contributed by atoms with van der Waals surface area (Å²) in [6.07, 6.45) is 0.0751. The van der Waals surface area contributed by atoms with Gasteiger partial charge in [-0.2, -0.15) is 5.10 Å². The normalized spacial score (nSPS) is 13.2. The largest absolute Gasteiger partial charge is 0.530 e. The Balaban J connectivity index is 2.32. The number of nitrogens with zero attached hydrogens (tertiary/aromatic N) is 1. The quantitative estimate of drug-likeness (QED) is 0.721. The van der Waals surface area contributed by atoms with Crippen molar-refractivity contribution in [3.05, 3.63) is 27.9 Å². The van der Waals surface area contributed by atoms with E-state index in [1.807, 2.05) is 0 Å². The lowest BCUT2D eigenvalue weighted by molar-refractivity contribution is -0.242. The summed E-state index contributed by atoms with van der Waals surface area (Å²) in [7, 11) is 0. The van der Waals surface area contributed by atoms with Gasteiger partial charge < -0.3 is 20.2 Å². The number of H-pyrrole nitrogens is 1. The lowest BCUT2D eigenvalue weighted by Crippen LogP contribution is -2.29. The molecule has 2 aromatic rings. The number of amides is 2. The van der Waals surface area contributed by atoms with Gasteiger partial charge in [-0.05, 0) is 28.1 Å². The SMILES string of the molecule is O=C([O-])Nc1cc2c3c(c(Br)[nH]c3c1)C=NNC2=O. The molecule has 96 valence electrons. The standard InChI is InChI=1S/C11H7BrN4O3/c12-9-6-3-13-16-10(17)5-1-4(14-11(18)19)2-7(15-9)8(5)6/h1-3,14-15H,(H,16,17)(H,18,19)/p-1. The fraction of sp³-hybridized carbons (Fsp3) is 0. The first-order valence-corrected chi connectivity index (χ1v) is 6.02. The number of aromatic amines is 1. The highest BCUT2D eigenvalue weighted by molar-refractivity contribution is 9.10. The topological polar surface area (TPSA) is 109 Å². The number of hydrazone groups is 1. The smallest absolute Gasteiger partial charge is 0.272 e. The summed E-state index contributed by atoms with van der Waals surface area (Å²) in [6.45, 7) is 0. The van der Waals surface area contributed by atoms with Crippen molar-refractivity contribution < 1.29 is 14.7 Å². The van der Waals surface area contributed by atoms with Gasteiger partial charge in [0, 0.05) is 22.2 Å². The number of aromatic nitrogens is 1. The molecule has 0 saturated heterocycles. The summed E-state index contributed by atoms with van der Waals surface area (Å²) in [5.74, 6) is -0.409. The van der Waals surface area contributed by atoms with E-state index in [-0.39, 0.29) is 5.69 Å². The van der Waals surface area contributed by atoms with Crippen LogP contribution in [0.15, 0.2) is 21.8 Å². The summed E-state index contributed by atoms with van der Waals surface area (Å²) >= 11 is 3.33. The lowest BCUT2D eigenvalue weighted by atomic mass is 10.1. The zero-order valence-electron chi connectivity index (χ0n) is 9.28. The van der Waals surface area contributed by atoms with E-state index in [9.17, 15) is 14.7 Å². The van der Waals surface area contributed by atoms with Gasteiger partial charge in [0.2, 0.25) is 0 Å². The summed E-state index contributed by atoms with van der Waals surface area (Å²) in [5.41, 5.74) is 4.27. The maximum atomic E-state index is 11.9. The molecule has 0 aliphatic carbocycles. The van der Waals surface area contributed by atoms with Crippen molar-refractivity contribution in [3.63, 3.8) is 0 Å². The van der Waals surface area contributed by atoms with Gasteiger partial charge in [0.15, 0.2) is 0 Å². The van der Waals surface area contributed by atoms with Crippen molar-refractivity contribution in [2.24, 2.45) is 5.10 Å². The predicted octanol–water partition coefficient (Wildman–Crippen LogP) is 0.763. The third-order valence-electron chi connectivity index (χ3n) is 2.74. The second kappa shape index (κ2) is 4.09. The molecule has 2 heterocycles. The molecule has 0 unspecified atom stereocenters. The highest BCUT2D eigenvalue weighted by Gasteiger charge is 2.20. The fourth-order valence-electron chi connectivity index (χ4n) is 2.03. The van der Waals surface area contributed by atoms with E-state index in [4.69, 9.17) is 0 Å². The molecule has 1 aromatic carbocycles. The van der Waals surface area contributed by atoms with Crippen molar-refractivity contribution in [2.45, 2.75) is 0 Å². The molecular weight excluding hydrogens is 316 g/mol. The Morgan fingerprint density at radius 3 is 2.95 bits per heavy atom. The van der Waals surface area contributed by atoms with Crippen LogP contribution in [-0.4, -0.2) is 23.2 Å². The molecule has 0 spiro atoms. The average Bonchev–Trinajstić information content (AvgIpc) is 2.52. The van der Waals surface area contributed by atoms with E-state index in [1.54, 1.807) is 6.07 Å². The van der Waals surface area contributed by atoms with Gasteiger partial charge in [0.05, 0.1) is 16.4 Å². The Morgan fingerprint density at radius 2 is 2.21 bits per heavy atom. The van der Waals surface area contributed by atoms with E-state index in [0.717, 1.165) is 5.56 Å². The predicted molar refractivity (Wildman–Crippen MR) is 70.1 cm³/mol. The minimum atomic E-state index is -1.44. The van der Waals surface area contributed by atoms with Crippen LogP contribution in [0.3, 0.4) is 0 Å². The molecule has 1 aliphatic rings. The first-order valence-electron chi connectivity index (χ1n) is 5.23. The molecule has 0 atom stereocenters. The molecule has 0 saturated carbocycles. The summed E-state index contributed by atoms with van der Waals surface area (Å²) in [4.78, 5) is 25.5. The molecule has 0 bridgehead atoms. The molecule has 7 nitrogen and oxygen atoms in total. The first-order chi connectivity index (χ1) is 9.06. The van der Waals surface area contributed by atoms with Crippen LogP contribution >= 0.6 is 15.9 Å². The van der Waals surface area contributed by atoms with Crippen LogP contribution < -0.4 is 15.8 Å². The Labute approximate surface area is 114 Å². The Hall–Kier alpha value is -2.35. The molecular formula is C11H6BrN4O3-. The van der Waals surface area contributed by atoms with Crippen LogP contribution in [0.4, 0.5) is 10.5 Å². The zero-order valence-corrected chi connectivity index (χ0v) is 10.9. The number of benzene rings is 1. The maximum absolute atomic E-state index is 11.9. The molecule has 0 radical (unpaired) electrons. The van der Waals surface area contributed by atoms with Gasteiger partial charge in [-0.1, -0.05) is 0 Å². The lowest BCUT2D eigenvalue weighted by Gasteiger charge is -2.09. The Morgan fingerprint density at radius 1 is 1.42 bits per heavy atom. The van der Waals surface area contributed by atoms with E-state index < -0.39 is 12.0 Å². The van der Waals surface area contributed by atoms with Gasteiger partial charge in [-0.15, -0.1) is 0 Å². The number of carbonyl (C=O) groups excluding carboxylic acids is 2. The number of carboxylic acid groups (broad SMARTS) is 1. The van der Waals surface area contributed by atoms with Crippen molar-refractivity contribution in [1.29, 1.82) is 0 Å². The second-order valence-corrected chi connectivity index (χ2v) is 4.70. The minimum absolute atomic E-state index is 0.250. The molecule has 1 aromatic heterocycles. The minimum Gasteiger partial charge on any atom is -0.530 e. The third kappa shape index (κ3) is 1.85. The fourth-order valence-corrected chi connectivity index (χ4v) is 2.55. The van der Waals surface area contributed by atoms with Crippen LogP contribution in [0.2, 0.25) is 0 Å². The Kier molecular flexibility index (Phi) is 2.53. The first kappa shape index (κ1) is 11.7. The van der Waals surface area contributed by atoms with Gasteiger partial charge >= 0.3 is 0 Å². The van der Waals surface area contributed by atoms with Crippen LogP contribution in [-0.2, 0) is 0 Å². The number of carbonyl (C=O) groups is 2. The number of hydrogen-bond acceptors (Lipinski definition) is 4. The summed E-state index contributed by atoms with van der Waals surface area (Å²) < 4.78 is 0.662.